The summed E-state index contributed by atoms with van der Waals surface area (Å²) >= 11 is 1.24. The van der Waals surface area contributed by atoms with E-state index in [1.54, 1.807) is 49.5 Å². The van der Waals surface area contributed by atoms with Crippen molar-refractivity contribution in [1.82, 2.24) is 19.9 Å². The van der Waals surface area contributed by atoms with Crippen LogP contribution in [0.1, 0.15) is 16.1 Å². The molecule has 0 aliphatic heterocycles. The molecule has 34 heavy (non-hydrogen) atoms. The minimum Gasteiger partial charge on any atom is -0.340 e. The van der Waals surface area contributed by atoms with Gasteiger partial charge in [0.15, 0.2) is 10.9 Å². The van der Waals surface area contributed by atoms with Crippen molar-refractivity contribution >= 4 is 45.0 Å². The molecule has 0 atom stereocenters. The molecule has 4 rings (SSSR count). The molecule has 0 amide bonds. The predicted molar refractivity (Wildman–Crippen MR) is 131 cm³/mol. The van der Waals surface area contributed by atoms with Crippen LogP contribution >= 0.6 is 11.8 Å². The third kappa shape index (κ3) is 6.15. The highest BCUT2D eigenvalue weighted by atomic mass is 32.2. The van der Waals surface area contributed by atoms with Crippen LogP contribution in [0.2, 0.25) is 0 Å². The number of aryl methyl sites for hydroxylation is 1. The van der Waals surface area contributed by atoms with E-state index in [1.165, 1.54) is 30.1 Å². The van der Waals surface area contributed by atoms with Crippen molar-refractivity contribution in [1.29, 1.82) is 0 Å². The number of thioether (sulfide) groups is 1. The molecule has 4 aromatic rings. The van der Waals surface area contributed by atoms with E-state index < -0.39 is 10.0 Å². The number of rotatable bonds is 9. The molecule has 11 heteroatoms. The van der Waals surface area contributed by atoms with Gasteiger partial charge in [0.2, 0.25) is 5.95 Å². The molecule has 9 nitrogen and oxygen atoms in total. The molecular weight excluding hydrogens is 472 g/mol. The fourth-order valence-electron chi connectivity index (χ4n) is 2.86. The number of hydrogen-bond donors (Lipinski definition) is 2. The Morgan fingerprint density at radius 1 is 0.912 bits per heavy atom. The maximum Gasteiger partial charge on any atom is 0.264 e. The quantitative estimate of drug-likeness (QED) is 0.202. The average molecular weight is 493 g/mol. The predicted octanol–water partition coefficient (Wildman–Crippen LogP) is 4.09. The van der Waals surface area contributed by atoms with Gasteiger partial charge in [0.25, 0.3) is 10.0 Å². The lowest BCUT2D eigenvalue weighted by Crippen LogP contribution is -2.15. The number of Topliss-reactive ketones (excluding diaryl/α,β-unsaturated/α-hetero) is 1. The molecule has 0 unspecified atom stereocenters. The van der Waals surface area contributed by atoms with Crippen LogP contribution in [0.15, 0.2) is 89.2 Å². The first-order valence-corrected chi connectivity index (χ1v) is 12.6. The summed E-state index contributed by atoms with van der Waals surface area (Å²) in [5.74, 6) is 0.747. The minimum absolute atomic E-state index is 0.00552. The van der Waals surface area contributed by atoms with Crippen LogP contribution in [-0.4, -0.2) is 39.9 Å². The zero-order valence-corrected chi connectivity index (χ0v) is 19.7. The first kappa shape index (κ1) is 23.3. The summed E-state index contributed by atoms with van der Waals surface area (Å²) in [7, 11) is -3.83. The van der Waals surface area contributed by atoms with Gasteiger partial charge in [-0.05, 0) is 43.3 Å². The van der Waals surface area contributed by atoms with Crippen LogP contribution in [0.4, 0.5) is 17.5 Å². The third-order valence-corrected chi connectivity index (χ3v) is 6.72. The maximum absolute atomic E-state index is 12.6. The van der Waals surface area contributed by atoms with Crippen molar-refractivity contribution in [3.63, 3.8) is 0 Å². The van der Waals surface area contributed by atoms with Gasteiger partial charge in [0.05, 0.1) is 10.6 Å². The number of anilines is 3. The van der Waals surface area contributed by atoms with E-state index in [0.717, 1.165) is 0 Å². The largest absolute Gasteiger partial charge is 0.340 e. The van der Waals surface area contributed by atoms with E-state index in [1.807, 2.05) is 18.2 Å². The smallest absolute Gasteiger partial charge is 0.264 e. The average Bonchev–Trinajstić information content (AvgIpc) is 2.83. The topological polar surface area (TPSA) is 127 Å². The normalized spacial score (nSPS) is 11.1. The Bertz CT molecular complexity index is 1400. The number of carbonyl (C=O) groups is 1. The maximum atomic E-state index is 12.6. The van der Waals surface area contributed by atoms with Crippen molar-refractivity contribution < 1.29 is 13.2 Å². The molecule has 0 radical (unpaired) electrons. The Hall–Kier alpha value is -3.83. The van der Waals surface area contributed by atoms with Gasteiger partial charge in [-0.1, -0.05) is 42.1 Å². The van der Waals surface area contributed by atoms with Crippen LogP contribution in [0.3, 0.4) is 0 Å². The molecule has 0 spiro atoms. The Kier molecular flexibility index (Phi) is 7.14. The number of carbonyl (C=O) groups excluding carboxylic acids is 1. The van der Waals surface area contributed by atoms with Crippen LogP contribution in [0.5, 0.6) is 0 Å². The summed E-state index contributed by atoms with van der Waals surface area (Å²) in [4.78, 5) is 28.9. The molecule has 0 aliphatic rings. The summed E-state index contributed by atoms with van der Waals surface area (Å²) in [5, 5.41) is 3.56. The molecule has 0 saturated carbocycles. The number of sulfonamides is 1. The molecule has 172 valence electrons. The summed E-state index contributed by atoms with van der Waals surface area (Å²) in [6.45, 7) is 1.75. The van der Waals surface area contributed by atoms with Crippen LogP contribution in [-0.2, 0) is 10.0 Å². The van der Waals surface area contributed by atoms with E-state index >= 15 is 0 Å². The van der Waals surface area contributed by atoms with E-state index in [-0.39, 0.29) is 22.4 Å². The lowest BCUT2D eigenvalue weighted by Gasteiger charge is -2.09. The Morgan fingerprint density at radius 3 is 2.38 bits per heavy atom. The molecule has 0 aliphatic carbocycles. The van der Waals surface area contributed by atoms with Gasteiger partial charge in [-0.15, -0.1) is 0 Å². The van der Waals surface area contributed by atoms with Gasteiger partial charge in [0, 0.05) is 29.3 Å². The second-order valence-corrected chi connectivity index (χ2v) is 9.70. The van der Waals surface area contributed by atoms with Gasteiger partial charge in [-0.2, -0.15) is 0 Å². The van der Waals surface area contributed by atoms with Gasteiger partial charge in [-0.25, -0.2) is 33.1 Å². The first-order chi connectivity index (χ1) is 16.4. The first-order valence-electron chi connectivity index (χ1n) is 10.1. The minimum atomic E-state index is -3.83. The molecule has 2 aromatic carbocycles. The standard InChI is InChI=1S/C23H20N6O3S2/c1-16-11-13-24-22(26-16)29-34(31,32)19-9-7-18(8-10-19)27-21-12-14-25-23(28-21)33-15-20(30)17-5-3-2-4-6-17/h2-14H,15H2,1H3,(H,24,26,29)(H,25,27,28). The number of hydrogen-bond acceptors (Lipinski definition) is 9. The summed E-state index contributed by atoms with van der Waals surface area (Å²) in [6.07, 6.45) is 3.08. The molecule has 2 N–H and O–H groups in total. The zero-order valence-electron chi connectivity index (χ0n) is 18.0. The zero-order chi connectivity index (χ0) is 24.0. The Morgan fingerprint density at radius 2 is 1.65 bits per heavy atom. The number of aromatic nitrogens is 4. The highest BCUT2D eigenvalue weighted by Crippen LogP contribution is 2.21. The van der Waals surface area contributed by atoms with E-state index in [9.17, 15) is 13.2 Å². The summed E-state index contributed by atoms with van der Waals surface area (Å²) in [5.41, 5.74) is 1.93. The lowest BCUT2D eigenvalue weighted by molar-refractivity contribution is 0.102. The van der Waals surface area contributed by atoms with E-state index in [2.05, 4.69) is 30.0 Å². The van der Waals surface area contributed by atoms with Gasteiger partial charge in [-0.3, -0.25) is 4.79 Å². The van der Waals surface area contributed by atoms with Crippen molar-refractivity contribution in [2.45, 2.75) is 17.0 Å². The highest BCUT2D eigenvalue weighted by molar-refractivity contribution is 7.99. The molecule has 2 heterocycles. The van der Waals surface area contributed by atoms with Crippen molar-refractivity contribution in [3.8, 4) is 0 Å². The van der Waals surface area contributed by atoms with Crippen LogP contribution < -0.4 is 10.0 Å². The second kappa shape index (κ2) is 10.4. The van der Waals surface area contributed by atoms with E-state index in [0.29, 0.717) is 27.9 Å². The Balaban J connectivity index is 1.39. The monoisotopic (exact) mass is 492 g/mol. The number of ketones is 1. The van der Waals surface area contributed by atoms with Gasteiger partial charge >= 0.3 is 0 Å². The van der Waals surface area contributed by atoms with E-state index in [4.69, 9.17) is 0 Å². The second-order valence-electron chi connectivity index (χ2n) is 7.08. The number of nitrogens with one attached hydrogen (secondary N) is 2. The molecular formula is C23H20N6O3S2. The van der Waals surface area contributed by atoms with Crippen molar-refractivity contribution in [2.24, 2.45) is 0 Å². The van der Waals surface area contributed by atoms with Crippen LogP contribution in [0.25, 0.3) is 0 Å². The number of nitrogens with zero attached hydrogens (tertiary/aromatic N) is 4. The fourth-order valence-corrected chi connectivity index (χ4v) is 4.54. The fraction of sp³-hybridized carbons (Fsp3) is 0.0870. The van der Waals surface area contributed by atoms with Gasteiger partial charge < -0.3 is 5.32 Å². The van der Waals surface area contributed by atoms with Crippen molar-refractivity contribution in [2.75, 3.05) is 15.8 Å². The molecule has 0 bridgehead atoms. The Labute approximate surface area is 201 Å². The van der Waals surface area contributed by atoms with Crippen LogP contribution in [0, 0.1) is 6.92 Å². The summed E-state index contributed by atoms with van der Waals surface area (Å²) in [6, 6.07) is 18.6. The third-order valence-electron chi connectivity index (χ3n) is 4.52. The number of benzene rings is 2. The highest BCUT2D eigenvalue weighted by Gasteiger charge is 2.16. The lowest BCUT2D eigenvalue weighted by atomic mass is 10.2. The molecule has 2 aromatic heterocycles. The SMILES string of the molecule is Cc1ccnc(NS(=O)(=O)c2ccc(Nc3ccnc(SCC(=O)c4ccccc4)n3)cc2)n1. The molecule has 0 saturated heterocycles. The van der Waals surface area contributed by atoms with Crippen molar-refractivity contribution in [3.05, 3.63) is 90.4 Å². The summed E-state index contributed by atoms with van der Waals surface area (Å²) < 4.78 is 27.6. The molecule has 0 fully saturated rings. The van der Waals surface area contributed by atoms with Gasteiger partial charge in [0.1, 0.15) is 5.82 Å².